The number of carbonyl (C=O) groups is 1. The third kappa shape index (κ3) is 4.36. The van der Waals surface area contributed by atoms with Crippen LogP contribution >= 0.6 is 0 Å². The zero-order valence-electron chi connectivity index (χ0n) is 15.9. The topological polar surface area (TPSA) is 89.4 Å². The number of amides is 1. The third-order valence-electron chi connectivity index (χ3n) is 5.07. The van der Waals surface area contributed by atoms with E-state index in [1.807, 2.05) is 13.8 Å². The standard InChI is InChI=1S/C18H27N3O5S/c1-3-6-19-18(22)14(2)20-7-9-21(10-8-20)27(23,24)15-4-5-16-17(13-15)26-12-11-25-16/h4-5,13-14H,3,6-12H2,1-2H3,(H,19,22)/p+1/t14-/m1/s1. The summed E-state index contributed by atoms with van der Waals surface area (Å²) in [4.78, 5) is 13.5. The van der Waals surface area contributed by atoms with Gasteiger partial charge in [0, 0.05) is 12.6 Å². The van der Waals surface area contributed by atoms with Gasteiger partial charge in [-0.1, -0.05) is 6.92 Å². The Morgan fingerprint density at radius 2 is 1.89 bits per heavy atom. The fraction of sp³-hybridized carbons (Fsp3) is 0.611. The first kappa shape index (κ1) is 19.9. The fourth-order valence-electron chi connectivity index (χ4n) is 3.37. The molecule has 0 bridgehead atoms. The Labute approximate surface area is 160 Å². The quantitative estimate of drug-likeness (QED) is 0.659. The van der Waals surface area contributed by atoms with Crippen molar-refractivity contribution in [2.24, 2.45) is 0 Å². The molecule has 0 unspecified atom stereocenters. The molecular weight excluding hydrogens is 370 g/mol. The van der Waals surface area contributed by atoms with Crippen LogP contribution in [0.4, 0.5) is 0 Å². The van der Waals surface area contributed by atoms with Crippen molar-refractivity contribution in [3.05, 3.63) is 18.2 Å². The molecule has 2 heterocycles. The summed E-state index contributed by atoms with van der Waals surface area (Å²) in [6.45, 7) is 7.43. The molecule has 0 saturated carbocycles. The van der Waals surface area contributed by atoms with Crippen molar-refractivity contribution in [2.45, 2.75) is 31.2 Å². The number of ether oxygens (including phenoxy) is 2. The third-order valence-corrected chi connectivity index (χ3v) is 6.97. The van der Waals surface area contributed by atoms with E-state index in [0.717, 1.165) is 11.3 Å². The van der Waals surface area contributed by atoms with Crippen molar-refractivity contribution >= 4 is 15.9 Å². The number of hydrogen-bond acceptors (Lipinski definition) is 5. The molecular formula is C18H28N3O5S+. The van der Waals surface area contributed by atoms with Gasteiger partial charge in [-0.05, 0) is 25.5 Å². The number of fused-ring (bicyclic) bond motifs is 1. The summed E-state index contributed by atoms with van der Waals surface area (Å²) >= 11 is 0. The van der Waals surface area contributed by atoms with Gasteiger partial charge in [0.25, 0.3) is 5.91 Å². The Balaban J connectivity index is 1.64. The molecule has 1 saturated heterocycles. The molecule has 2 aliphatic heterocycles. The van der Waals surface area contributed by atoms with Gasteiger partial charge in [0.2, 0.25) is 10.0 Å². The number of rotatable bonds is 6. The molecule has 1 amide bonds. The highest BCUT2D eigenvalue weighted by Crippen LogP contribution is 2.33. The highest BCUT2D eigenvalue weighted by atomic mass is 32.2. The Morgan fingerprint density at radius 1 is 1.22 bits per heavy atom. The van der Waals surface area contributed by atoms with Crippen LogP contribution in [0.1, 0.15) is 20.3 Å². The molecule has 27 heavy (non-hydrogen) atoms. The predicted octanol–water partition coefficient (Wildman–Crippen LogP) is -0.738. The average molecular weight is 399 g/mol. The number of hydrogen-bond donors (Lipinski definition) is 2. The number of quaternary nitrogens is 1. The van der Waals surface area contributed by atoms with Crippen LogP contribution in [0.25, 0.3) is 0 Å². The van der Waals surface area contributed by atoms with Gasteiger partial charge < -0.3 is 19.7 Å². The molecule has 2 aliphatic rings. The smallest absolute Gasteiger partial charge is 0.278 e. The lowest BCUT2D eigenvalue weighted by molar-refractivity contribution is -0.917. The van der Waals surface area contributed by atoms with E-state index in [2.05, 4.69) is 5.32 Å². The van der Waals surface area contributed by atoms with E-state index >= 15 is 0 Å². The second kappa shape index (κ2) is 8.45. The molecule has 0 aromatic heterocycles. The summed E-state index contributed by atoms with van der Waals surface area (Å²) in [7, 11) is -3.60. The normalized spacial score (nSPS) is 19.5. The molecule has 150 valence electrons. The van der Waals surface area contributed by atoms with E-state index in [0.29, 0.717) is 57.4 Å². The molecule has 1 aromatic rings. The number of nitrogens with one attached hydrogen (secondary N) is 2. The molecule has 8 nitrogen and oxygen atoms in total. The second-order valence-electron chi connectivity index (χ2n) is 6.88. The molecule has 3 rings (SSSR count). The van der Waals surface area contributed by atoms with E-state index in [4.69, 9.17) is 9.47 Å². The van der Waals surface area contributed by atoms with Crippen LogP contribution < -0.4 is 19.7 Å². The maximum absolute atomic E-state index is 13.0. The number of piperazine rings is 1. The van der Waals surface area contributed by atoms with Gasteiger partial charge in [0.15, 0.2) is 17.5 Å². The maximum Gasteiger partial charge on any atom is 0.278 e. The molecule has 0 spiro atoms. The van der Waals surface area contributed by atoms with E-state index in [-0.39, 0.29) is 16.8 Å². The van der Waals surface area contributed by atoms with Crippen LogP contribution in [0.15, 0.2) is 23.1 Å². The lowest BCUT2D eigenvalue weighted by atomic mass is 10.2. The Kier molecular flexibility index (Phi) is 6.23. The van der Waals surface area contributed by atoms with Crippen molar-refractivity contribution < 1.29 is 27.6 Å². The summed E-state index contributed by atoms with van der Waals surface area (Å²) in [5, 5.41) is 2.91. The summed E-state index contributed by atoms with van der Waals surface area (Å²) in [5.41, 5.74) is 0. The van der Waals surface area contributed by atoms with Crippen LogP contribution in [-0.2, 0) is 14.8 Å². The monoisotopic (exact) mass is 398 g/mol. The predicted molar refractivity (Wildman–Crippen MR) is 99.7 cm³/mol. The lowest BCUT2D eigenvalue weighted by Crippen LogP contribution is -3.19. The summed E-state index contributed by atoms with van der Waals surface area (Å²) < 4.78 is 38.4. The van der Waals surface area contributed by atoms with Crippen LogP contribution in [0, 0.1) is 0 Å². The molecule has 1 aromatic carbocycles. The van der Waals surface area contributed by atoms with Gasteiger partial charge in [-0.15, -0.1) is 0 Å². The zero-order valence-corrected chi connectivity index (χ0v) is 16.7. The highest BCUT2D eigenvalue weighted by molar-refractivity contribution is 7.89. The Hall–Kier alpha value is -1.84. The molecule has 9 heteroatoms. The van der Waals surface area contributed by atoms with Crippen LogP contribution in [0.3, 0.4) is 0 Å². The molecule has 1 fully saturated rings. The van der Waals surface area contributed by atoms with Gasteiger partial charge in [-0.3, -0.25) is 4.79 Å². The van der Waals surface area contributed by atoms with Crippen LogP contribution in [-0.4, -0.2) is 70.6 Å². The SMILES string of the molecule is CCCNC(=O)[C@@H](C)[NH+]1CCN(S(=O)(=O)c2ccc3c(c2)OCCO3)CC1. The van der Waals surface area contributed by atoms with E-state index in [1.54, 1.807) is 12.1 Å². The van der Waals surface area contributed by atoms with Crippen molar-refractivity contribution in [2.75, 3.05) is 45.9 Å². The summed E-state index contributed by atoms with van der Waals surface area (Å²) in [5.74, 6) is 1.06. The molecule has 0 aliphatic carbocycles. The lowest BCUT2D eigenvalue weighted by Gasteiger charge is -2.34. The minimum Gasteiger partial charge on any atom is -0.486 e. The van der Waals surface area contributed by atoms with Crippen LogP contribution in [0.2, 0.25) is 0 Å². The van der Waals surface area contributed by atoms with Gasteiger partial charge in [-0.25, -0.2) is 8.42 Å². The Morgan fingerprint density at radius 3 is 2.56 bits per heavy atom. The van der Waals surface area contributed by atoms with Gasteiger partial charge in [0.05, 0.1) is 31.1 Å². The fourth-order valence-corrected chi connectivity index (χ4v) is 4.82. The molecule has 0 radical (unpaired) electrons. The average Bonchev–Trinajstić information content (AvgIpc) is 2.71. The van der Waals surface area contributed by atoms with Crippen molar-refractivity contribution in [1.29, 1.82) is 0 Å². The van der Waals surface area contributed by atoms with Gasteiger partial charge in [0.1, 0.15) is 13.2 Å². The first-order chi connectivity index (χ1) is 12.9. The van der Waals surface area contributed by atoms with Gasteiger partial charge in [-0.2, -0.15) is 4.31 Å². The Bertz CT molecular complexity index is 775. The maximum atomic E-state index is 13.0. The van der Waals surface area contributed by atoms with E-state index in [9.17, 15) is 13.2 Å². The number of benzene rings is 1. The molecule has 2 N–H and O–H groups in total. The molecule has 1 atom stereocenters. The minimum absolute atomic E-state index is 0.0231. The number of carbonyl (C=O) groups excluding carboxylic acids is 1. The zero-order chi connectivity index (χ0) is 19.4. The van der Waals surface area contributed by atoms with Gasteiger partial charge >= 0.3 is 0 Å². The van der Waals surface area contributed by atoms with E-state index < -0.39 is 10.0 Å². The first-order valence-electron chi connectivity index (χ1n) is 9.45. The second-order valence-corrected chi connectivity index (χ2v) is 8.82. The van der Waals surface area contributed by atoms with Crippen molar-refractivity contribution in [3.8, 4) is 11.5 Å². The van der Waals surface area contributed by atoms with E-state index in [1.165, 1.54) is 10.4 Å². The number of nitrogens with zero attached hydrogens (tertiary/aromatic N) is 1. The minimum atomic E-state index is -3.60. The van der Waals surface area contributed by atoms with Crippen molar-refractivity contribution in [3.63, 3.8) is 0 Å². The van der Waals surface area contributed by atoms with Crippen molar-refractivity contribution in [1.82, 2.24) is 9.62 Å². The van der Waals surface area contributed by atoms with Crippen LogP contribution in [0.5, 0.6) is 11.5 Å². The summed E-state index contributed by atoms with van der Waals surface area (Å²) in [6.07, 6.45) is 0.898. The summed E-state index contributed by atoms with van der Waals surface area (Å²) in [6, 6.07) is 4.55. The first-order valence-corrected chi connectivity index (χ1v) is 10.9. The highest BCUT2D eigenvalue weighted by Gasteiger charge is 2.34. The largest absolute Gasteiger partial charge is 0.486 e. The number of sulfonamides is 1.